The number of nitrogens with zero attached hydrogens (tertiary/aromatic N) is 1. The van der Waals surface area contributed by atoms with Gasteiger partial charge < -0.3 is 5.32 Å². The minimum atomic E-state index is -3.29. The van der Waals surface area contributed by atoms with E-state index in [1.165, 1.54) is 4.31 Å². The number of carbonyl (C=O) groups excluding carboxylic acids is 1. The van der Waals surface area contributed by atoms with Gasteiger partial charge in [-0.3, -0.25) is 4.79 Å². The minimum absolute atomic E-state index is 0.142. The van der Waals surface area contributed by atoms with E-state index >= 15 is 0 Å². The zero-order valence-corrected chi connectivity index (χ0v) is 13.9. The number of sulfonamides is 1. The van der Waals surface area contributed by atoms with E-state index in [1.54, 1.807) is 13.8 Å². The number of para-hydroxylation sites is 1. The van der Waals surface area contributed by atoms with Crippen LogP contribution < -0.4 is 5.32 Å². The lowest BCUT2D eigenvalue weighted by Crippen LogP contribution is -2.38. The zero-order valence-electron chi connectivity index (χ0n) is 13.1. The summed E-state index contributed by atoms with van der Waals surface area (Å²) in [5, 5.41) is 2.85. The highest BCUT2D eigenvalue weighted by atomic mass is 32.2. The van der Waals surface area contributed by atoms with Crippen molar-refractivity contribution in [3.05, 3.63) is 29.8 Å². The predicted octanol–water partition coefficient (Wildman–Crippen LogP) is 2.25. The van der Waals surface area contributed by atoms with Crippen LogP contribution in [0.3, 0.4) is 0 Å². The van der Waals surface area contributed by atoms with Crippen LogP contribution in [0.25, 0.3) is 0 Å². The van der Waals surface area contributed by atoms with Crippen molar-refractivity contribution in [2.45, 2.75) is 39.7 Å². The van der Waals surface area contributed by atoms with Crippen molar-refractivity contribution >= 4 is 21.6 Å². The number of nitrogens with one attached hydrogen (secondary N) is 1. The van der Waals surface area contributed by atoms with Gasteiger partial charge in [-0.05, 0) is 31.9 Å². The van der Waals surface area contributed by atoms with E-state index in [0.717, 1.165) is 23.9 Å². The van der Waals surface area contributed by atoms with E-state index in [1.807, 2.05) is 31.2 Å². The summed E-state index contributed by atoms with van der Waals surface area (Å²) in [6, 6.07) is 7.46. The lowest BCUT2D eigenvalue weighted by Gasteiger charge is -2.23. The molecule has 0 bridgehead atoms. The van der Waals surface area contributed by atoms with E-state index < -0.39 is 10.0 Å². The summed E-state index contributed by atoms with van der Waals surface area (Å²) in [6.45, 7) is 5.81. The Morgan fingerprint density at radius 1 is 1.29 bits per heavy atom. The largest absolute Gasteiger partial charge is 0.326 e. The van der Waals surface area contributed by atoms with Gasteiger partial charge in [0.15, 0.2) is 0 Å². The first kappa shape index (κ1) is 17.7. The Hall–Kier alpha value is -1.40. The van der Waals surface area contributed by atoms with Crippen LogP contribution in [0.2, 0.25) is 0 Å². The zero-order chi connectivity index (χ0) is 16.0. The van der Waals surface area contributed by atoms with Gasteiger partial charge in [0.05, 0.1) is 6.26 Å². The monoisotopic (exact) mass is 312 g/mol. The first-order chi connectivity index (χ1) is 9.75. The van der Waals surface area contributed by atoms with Crippen molar-refractivity contribution < 1.29 is 13.2 Å². The van der Waals surface area contributed by atoms with E-state index in [0.29, 0.717) is 0 Å². The number of aryl methyl sites for hydroxylation is 1. The summed E-state index contributed by atoms with van der Waals surface area (Å²) < 4.78 is 24.6. The summed E-state index contributed by atoms with van der Waals surface area (Å²) in [5.41, 5.74) is 1.86. The maximum absolute atomic E-state index is 12.0. The molecule has 0 aliphatic rings. The molecule has 1 aromatic carbocycles. The molecule has 0 fully saturated rings. The first-order valence-corrected chi connectivity index (χ1v) is 8.95. The van der Waals surface area contributed by atoms with Gasteiger partial charge >= 0.3 is 0 Å². The Morgan fingerprint density at radius 2 is 1.90 bits per heavy atom. The van der Waals surface area contributed by atoms with E-state index in [2.05, 4.69) is 5.32 Å². The third-order valence-electron chi connectivity index (χ3n) is 3.23. The molecule has 0 saturated carbocycles. The van der Waals surface area contributed by atoms with Gasteiger partial charge in [-0.2, -0.15) is 4.31 Å². The SMILES string of the molecule is CCc1ccccc1NC(=O)CCN(C(C)C)S(C)(=O)=O. The standard InChI is InChI=1S/C15H24N2O3S/c1-5-13-8-6-7-9-14(13)16-15(18)10-11-17(12(2)3)21(4,19)20/h6-9,12H,5,10-11H2,1-4H3,(H,16,18). The lowest BCUT2D eigenvalue weighted by atomic mass is 10.1. The molecule has 1 N–H and O–H groups in total. The Bertz CT molecular complexity index is 582. The maximum Gasteiger partial charge on any atom is 0.225 e. The third-order valence-corrected chi connectivity index (χ3v) is 4.69. The molecule has 0 aliphatic heterocycles. The summed E-state index contributed by atoms with van der Waals surface area (Å²) in [4.78, 5) is 12.0. The van der Waals surface area contributed by atoms with Gasteiger partial charge in [0.1, 0.15) is 0 Å². The van der Waals surface area contributed by atoms with Gasteiger partial charge in [-0.1, -0.05) is 25.1 Å². The molecule has 118 valence electrons. The number of benzene rings is 1. The smallest absolute Gasteiger partial charge is 0.225 e. The minimum Gasteiger partial charge on any atom is -0.326 e. The molecule has 0 radical (unpaired) electrons. The number of anilines is 1. The third kappa shape index (κ3) is 5.47. The molecule has 0 spiro atoms. The predicted molar refractivity (Wildman–Crippen MR) is 85.8 cm³/mol. The maximum atomic E-state index is 12.0. The Balaban J connectivity index is 2.66. The van der Waals surface area contributed by atoms with Crippen LogP contribution in [-0.4, -0.2) is 37.5 Å². The van der Waals surface area contributed by atoms with Crippen LogP contribution in [0.5, 0.6) is 0 Å². The molecule has 0 atom stereocenters. The number of amides is 1. The van der Waals surface area contributed by atoms with Crippen LogP contribution in [0.1, 0.15) is 32.8 Å². The fraction of sp³-hybridized carbons (Fsp3) is 0.533. The van der Waals surface area contributed by atoms with Gasteiger partial charge in [-0.25, -0.2) is 8.42 Å². The molecule has 0 aliphatic carbocycles. The normalized spacial score (nSPS) is 11.9. The van der Waals surface area contributed by atoms with E-state index in [9.17, 15) is 13.2 Å². The van der Waals surface area contributed by atoms with Gasteiger partial charge in [0.25, 0.3) is 0 Å². The molecule has 0 aromatic heterocycles. The van der Waals surface area contributed by atoms with Crippen LogP contribution in [0, 0.1) is 0 Å². The summed E-state index contributed by atoms with van der Waals surface area (Å²) in [7, 11) is -3.29. The molecule has 1 amide bonds. The van der Waals surface area contributed by atoms with Gasteiger partial charge in [-0.15, -0.1) is 0 Å². The lowest BCUT2D eigenvalue weighted by molar-refractivity contribution is -0.116. The molecule has 0 saturated heterocycles. The molecule has 1 rings (SSSR count). The molecule has 0 unspecified atom stereocenters. The molecule has 5 nitrogen and oxygen atoms in total. The van der Waals surface area contributed by atoms with E-state index in [-0.39, 0.29) is 24.9 Å². The number of hydrogen-bond donors (Lipinski definition) is 1. The van der Waals surface area contributed by atoms with Crippen molar-refractivity contribution in [1.29, 1.82) is 0 Å². The second kappa shape index (κ2) is 7.56. The van der Waals surface area contributed by atoms with Crippen molar-refractivity contribution in [1.82, 2.24) is 4.31 Å². The highest BCUT2D eigenvalue weighted by Gasteiger charge is 2.20. The summed E-state index contributed by atoms with van der Waals surface area (Å²) in [5.74, 6) is -0.176. The second-order valence-electron chi connectivity index (χ2n) is 5.28. The Labute approximate surface area is 127 Å². The first-order valence-electron chi connectivity index (χ1n) is 7.10. The summed E-state index contributed by atoms with van der Waals surface area (Å²) >= 11 is 0. The quantitative estimate of drug-likeness (QED) is 0.839. The number of carbonyl (C=O) groups is 1. The van der Waals surface area contributed by atoms with Crippen LogP contribution in [0.15, 0.2) is 24.3 Å². The summed E-state index contributed by atoms with van der Waals surface area (Å²) in [6.07, 6.45) is 2.14. The van der Waals surface area contributed by atoms with Crippen LogP contribution >= 0.6 is 0 Å². The molecule has 1 aromatic rings. The highest BCUT2D eigenvalue weighted by molar-refractivity contribution is 7.88. The molecule has 6 heteroatoms. The topological polar surface area (TPSA) is 66.5 Å². The van der Waals surface area contributed by atoms with E-state index in [4.69, 9.17) is 0 Å². The molecular formula is C15H24N2O3S. The molecular weight excluding hydrogens is 288 g/mol. The van der Waals surface area contributed by atoms with Crippen molar-refractivity contribution in [2.24, 2.45) is 0 Å². The fourth-order valence-electron chi connectivity index (χ4n) is 2.18. The van der Waals surface area contributed by atoms with Gasteiger partial charge in [0, 0.05) is 24.7 Å². The van der Waals surface area contributed by atoms with Crippen LogP contribution in [-0.2, 0) is 21.2 Å². The Kier molecular flexibility index (Phi) is 6.36. The fourth-order valence-corrected chi connectivity index (χ4v) is 3.37. The number of hydrogen-bond acceptors (Lipinski definition) is 3. The highest BCUT2D eigenvalue weighted by Crippen LogP contribution is 2.16. The average Bonchev–Trinajstić information content (AvgIpc) is 2.37. The van der Waals surface area contributed by atoms with Crippen molar-refractivity contribution in [3.8, 4) is 0 Å². The van der Waals surface area contributed by atoms with Crippen LogP contribution in [0.4, 0.5) is 5.69 Å². The molecule has 0 heterocycles. The molecule has 21 heavy (non-hydrogen) atoms. The second-order valence-corrected chi connectivity index (χ2v) is 7.21. The van der Waals surface area contributed by atoms with Crippen molar-refractivity contribution in [3.63, 3.8) is 0 Å². The Morgan fingerprint density at radius 3 is 2.43 bits per heavy atom. The van der Waals surface area contributed by atoms with Gasteiger partial charge in [0.2, 0.25) is 15.9 Å². The van der Waals surface area contributed by atoms with Crippen molar-refractivity contribution in [2.75, 3.05) is 18.1 Å². The number of rotatable bonds is 7. The average molecular weight is 312 g/mol.